The van der Waals surface area contributed by atoms with Crippen molar-refractivity contribution in [3.8, 4) is 0 Å². The molecule has 2 rings (SSSR count). The van der Waals surface area contributed by atoms with Crippen molar-refractivity contribution >= 4 is 41.8 Å². The largest absolute Gasteiger partial charge is 0.354 e. The Morgan fingerprint density at radius 1 is 1.12 bits per heavy atom. The summed E-state index contributed by atoms with van der Waals surface area (Å²) in [5.41, 5.74) is 0. The Labute approximate surface area is 168 Å². The fourth-order valence-electron chi connectivity index (χ4n) is 3.32. The average molecular weight is 465 g/mol. The van der Waals surface area contributed by atoms with Crippen LogP contribution in [-0.4, -0.2) is 85.3 Å². The number of piperazine rings is 1. The molecule has 2 saturated heterocycles. The number of hydrogen-bond donors (Lipinski definition) is 1. The molecule has 0 spiro atoms. The fourth-order valence-corrected chi connectivity index (χ4v) is 3.32. The summed E-state index contributed by atoms with van der Waals surface area (Å²) < 4.78 is 0. The maximum Gasteiger partial charge on any atom is 0.229 e. The number of carbonyl (C=O) groups is 2. The summed E-state index contributed by atoms with van der Waals surface area (Å²) in [6.45, 7) is 10.6. The van der Waals surface area contributed by atoms with Gasteiger partial charge in [0.2, 0.25) is 11.8 Å². The molecular weight excluding hydrogens is 433 g/mol. The van der Waals surface area contributed by atoms with Crippen LogP contribution in [0.1, 0.15) is 33.1 Å². The van der Waals surface area contributed by atoms with Crippen molar-refractivity contribution in [3.05, 3.63) is 0 Å². The maximum atomic E-state index is 11.8. The van der Waals surface area contributed by atoms with Gasteiger partial charge in [-0.25, -0.2) is 0 Å². The lowest BCUT2D eigenvalue weighted by atomic mass is 10.1. The zero-order valence-electron chi connectivity index (χ0n) is 15.7. The second-order valence-electron chi connectivity index (χ2n) is 6.95. The van der Waals surface area contributed by atoms with Crippen LogP contribution in [0, 0.1) is 5.92 Å². The van der Waals surface area contributed by atoms with Gasteiger partial charge in [0.05, 0.1) is 0 Å². The summed E-state index contributed by atoms with van der Waals surface area (Å²) in [5.74, 6) is 1.44. The van der Waals surface area contributed by atoms with Crippen LogP contribution in [0.25, 0.3) is 0 Å². The maximum absolute atomic E-state index is 11.8. The highest BCUT2D eigenvalue weighted by atomic mass is 127. The lowest BCUT2D eigenvalue weighted by molar-refractivity contribution is -0.147. The van der Waals surface area contributed by atoms with Crippen molar-refractivity contribution in [2.24, 2.45) is 10.9 Å². The van der Waals surface area contributed by atoms with Gasteiger partial charge in [-0.3, -0.25) is 24.4 Å². The van der Waals surface area contributed by atoms with E-state index in [0.717, 1.165) is 38.7 Å². The molecule has 0 aromatic carbocycles. The number of aliphatic imine (C=N–C) groups is 1. The number of halogens is 1. The lowest BCUT2D eigenvalue weighted by Gasteiger charge is -2.37. The number of hydrogen-bond acceptors (Lipinski definition) is 4. The minimum atomic E-state index is -0.0506. The summed E-state index contributed by atoms with van der Waals surface area (Å²) in [7, 11) is 1.78. The van der Waals surface area contributed by atoms with Crippen LogP contribution < -0.4 is 5.32 Å². The van der Waals surface area contributed by atoms with E-state index in [1.807, 2.05) is 0 Å². The molecule has 25 heavy (non-hydrogen) atoms. The number of likely N-dealkylation sites (tertiary alicyclic amines) is 1. The molecule has 2 aliphatic rings. The van der Waals surface area contributed by atoms with Crippen molar-refractivity contribution in [2.45, 2.75) is 33.1 Å². The molecule has 0 unspecified atom stereocenters. The van der Waals surface area contributed by atoms with Crippen LogP contribution in [0.5, 0.6) is 0 Å². The molecule has 2 amide bonds. The Morgan fingerprint density at radius 2 is 1.72 bits per heavy atom. The zero-order chi connectivity index (χ0) is 17.5. The molecule has 0 saturated carbocycles. The minimum Gasteiger partial charge on any atom is -0.354 e. The lowest BCUT2D eigenvalue weighted by Crippen LogP contribution is -2.54. The Morgan fingerprint density at radius 3 is 2.24 bits per heavy atom. The summed E-state index contributed by atoms with van der Waals surface area (Å²) in [6, 6.07) is 0. The number of guanidine groups is 1. The highest BCUT2D eigenvalue weighted by Gasteiger charge is 2.25. The predicted octanol–water partition coefficient (Wildman–Crippen LogP) is 0.992. The molecule has 144 valence electrons. The van der Waals surface area contributed by atoms with Crippen molar-refractivity contribution in [1.29, 1.82) is 0 Å². The minimum absolute atomic E-state index is 0. The van der Waals surface area contributed by atoms with Crippen molar-refractivity contribution in [3.63, 3.8) is 0 Å². The van der Waals surface area contributed by atoms with E-state index in [4.69, 9.17) is 0 Å². The van der Waals surface area contributed by atoms with Crippen LogP contribution in [0.3, 0.4) is 0 Å². The average Bonchev–Trinajstić information content (AvgIpc) is 2.54. The quantitative estimate of drug-likeness (QED) is 0.284. The molecule has 0 aromatic rings. The molecule has 0 aromatic heterocycles. The molecule has 0 radical (unpaired) electrons. The highest BCUT2D eigenvalue weighted by Crippen LogP contribution is 2.11. The third-order valence-electron chi connectivity index (χ3n) is 4.51. The standard InChI is InChI=1S/C17H31N5O2.HI/c1-14(2)13-20-9-11-21(12-10-20)17(18-3)19-7-8-22-15(23)5-4-6-16(22)24;/h14H,4-13H2,1-3H3,(H,18,19);1H. The third kappa shape index (κ3) is 6.73. The van der Waals surface area contributed by atoms with Gasteiger partial charge in [0.15, 0.2) is 5.96 Å². The Hall–Kier alpha value is -0.900. The summed E-state index contributed by atoms with van der Waals surface area (Å²) in [6.07, 6.45) is 1.65. The van der Waals surface area contributed by atoms with Gasteiger partial charge in [0, 0.05) is 65.7 Å². The van der Waals surface area contributed by atoms with E-state index in [1.54, 1.807) is 7.05 Å². The first-order chi connectivity index (χ1) is 11.5. The number of nitrogens with one attached hydrogen (secondary N) is 1. The van der Waals surface area contributed by atoms with Crippen LogP contribution in [0.15, 0.2) is 4.99 Å². The van der Waals surface area contributed by atoms with Gasteiger partial charge in [-0.15, -0.1) is 24.0 Å². The Balaban J connectivity index is 0.00000312. The first-order valence-electron chi connectivity index (χ1n) is 9.02. The van der Waals surface area contributed by atoms with E-state index in [-0.39, 0.29) is 35.8 Å². The second kappa shape index (κ2) is 10.9. The van der Waals surface area contributed by atoms with E-state index >= 15 is 0 Å². The van der Waals surface area contributed by atoms with Gasteiger partial charge >= 0.3 is 0 Å². The predicted molar refractivity (Wildman–Crippen MR) is 110 cm³/mol. The molecule has 2 aliphatic heterocycles. The number of rotatable bonds is 5. The molecule has 2 heterocycles. The van der Waals surface area contributed by atoms with Gasteiger partial charge in [-0.2, -0.15) is 0 Å². The summed E-state index contributed by atoms with van der Waals surface area (Å²) in [5, 5.41) is 3.29. The van der Waals surface area contributed by atoms with Crippen molar-refractivity contribution in [1.82, 2.24) is 20.0 Å². The normalized spacial score (nSPS) is 20.1. The molecule has 2 fully saturated rings. The Bertz CT molecular complexity index is 460. The summed E-state index contributed by atoms with van der Waals surface area (Å²) in [4.78, 5) is 34.1. The van der Waals surface area contributed by atoms with Gasteiger partial charge in [-0.05, 0) is 12.3 Å². The van der Waals surface area contributed by atoms with Crippen LogP contribution in [-0.2, 0) is 9.59 Å². The van der Waals surface area contributed by atoms with E-state index in [0.29, 0.717) is 38.3 Å². The number of carbonyl (C=O) groups excluding carboxylic acids is 2. The molecule has 7 nitrogen and oxygen atoms in total. The first kappa shape index (κ1) is 22.1. The van der Waals surface area contributed by atoms with Gasteiger partial charge in [0.25, 0.3) is 0 Å². The fraction of sp³-hybridized carbons (Fsp3) is 0.824. The first-order valence-corrected chi connectivity index (χ1v) is 9.02. The monoisotopic (exact) mass is 465 g/mol. The van der Waals surface area contributed by atoms with E-state index in [2.05, 4.69) is 34.0 Å². The van der Waals surface area contributed by atoms with Crippen molar-refractivity contribution < 1.29 is 9.59 Å². The topological polar surface area (TPSA) is 68.2 Å². The number of piperidine rings is 1. The zero-order valence-corrected chi connectivity index (χ0v) is 18.0. The molecule has 0 bridgehead atoms. The van der Waals surface area contributed by atoms with E-state index in [1.165, 1.54) is 4.90 Å². The SMILES string of the molecule is CN=C(NCCN1C(=O)CCCC1=O)N1CCN(CC(C)C)CC1.I. The van der Waals surface area contributed by atoms with Crippen molar-refractivity contribution in [2.75, 3.05) is 52.9 Å². The highest BCUT2D eigenvalue weighted by molar-refractivity contribution is 14.0. The van der Waals surface area contributed by atoms with Gasteiger partial charge in [0.1, 0.15) is 0 Å². The molecule has 1 N–H and O–H groups in total. The van der Waals surface area contributed by atoms with Gasteiger partial charge < -0.3 is 10.2 Å². The van der Waals surface area contributed by atoms with Gasteiger partial charge in [-0.1, -0.05) is 13.8 Å². The smallest absolute Gasteiger partial charge is 0.229 e. The van der Waals surface area contributed by atoms with E-state index < -0.39 is 0 Å². The molecule has 8 heteroatoms. The molecule has 0 atom stereocenters. The van der Waals surface area contributed by atoms with Crippen LogP contribution in [0.2, 0.25) is 0 Å². The van der Waals surface area contributed by atoms with Crippen LogP contribution in [0.4, 0.5) is 0 Å². The second-order valence-corrected chi connectivity index (χ2v) is 6.95. The summed E-state index contributed by atoms with van der Waals surface area (Å²) >= 11 is 0. The molecule has 0 aliphatic carbocycles. The molecular formula is C17H32IN5O2. The number of amides is 2. The third-order valence-corrected chi connectivity index (χ3v) is 4.51. The number of imide groups is 1. The van der Waals surface area contributed by atoms with Crippen LogP contribution >= 0.6 is 24.0 Å². The number of nitrogens with zero attached hydrogens (tertiary/aromatic N) is 4. The van der Waals surface area contributed by atoms with E-state index in [9.17, 15) is 9.59 Å². The Kier molecular flexibility index (Phi) is 9.70.